The minimum atomic E-state index is -1.67. The Balaban J connectivity index is 2.49. The van der Waals surface area contributed by atoms with E-state index in [9.17, 15) is 9.59 Å². The van der Waals surface area contributed by atoms with Gasteiger partial charge in [-0.3, -0.25) is 9.59 Å². The first-order chi connectivity index (χ1) is 13.9. The maximum Gasteiger partial charge on any atom is 0.195 e. The molecule has 2 aromatic carbocycles. The molecule has 0 amide bonds. The van der Waals surface area contributed by atoms with Crippen LogP contribution in [-0.2, 0) is 0 Å². The van der Waals surface area contributed by atoms with Crippen LogP contribution in [0.3, 0.4) is 0 Å². The lowest BCUT2D eigenvalue weighted by Crippen LogP contribution is -2.13. The van der Waals surface area contributed by atoms with E-state index in [0.717, 1.165) is 0 Å². The molecule has 0 atom stereocenters. The third-order valence-electron chi connectivity index (χ3n) is 4.32. The van der Waals surface area contributed by atoms with E-state index in [4.69, 9.17) is 18.9 Å². The maximum absolute atomic E-state index is 13.4. The first-order valence-electron chi connectivity index (χ1n) is 9.16. The Labute approximate surface area is 172 Å². The van der Waals surface area contributed by atoms with Gasteiger partial charge in [-0.05, 0) is 36.3 Å². The zero-order valence-electron chi connectivity index (χ0n) is 17.6. The quantitative estimate of drug-likeness (QED) is 0.514. The topological polar surface area (TPSA) is 71.1 Å². The van der Waals surface area contributed by atoms with Crippen molar-refractivity contribution in [1.29, 1.82) is 0 Å². The summed E-state index contributed by atoms with van der Waals surface area (Å²) in [5.74, 6) is 2.10. The molecule has 29 heavy (non-hydrogen) atoms. The molecule has 0 saturated heterocycles. The second kappa shape index (κ2) is 10.3. The summed E-state index contributed by atoms with van der Waals surface area (Å²) in [5, 5.41) is 0. The lowest BCUT2D eigenvalue weighted by Gasteiger charge is -2.20. The monoisotopic (exact) mass is 418 g/mol. The van der Waals surface area contributed by atoms with Crippen LogP contribution in [0.25, 0.3) is 0 Å². The minimum absolute atomic E-state index is 0.169. The van der Waals surface area contributed by atoms with Crippen molar-refractivity contribution in [3.8, 4) is 23.0 Å². The van der Waals surface area contributed by atoms with E-state index in [2.05, 4.69) is 0 Å². The molecule has 0 N–H and O–H groups in total. The number of rotatable bonds is 10. The molecular formula is C22H27O6P. The summed E-state index contributed by atoms with van der Waals surface area (Å²) in [6.45, 7) is 3.98. The highest BCUT2D eigenvalue weighted by atomic mass is 31.1. The molecule has 0 fully saturated rings. The third-order valence-corrected chi connectivity index (χ3v) is 6.87. The van der Waals surface area contributed by atoms with Crippen molar-refractivity contribution in [1.82, 2.24) is 0 Å². The molecule has 2 rings (SSSR count). The van der Waals surface area contributed by atoms with E-state index < -0.39 is 7.92 Å². The van der Waals surface area contributed by atoms with Crippen LogP contribution in [0.1, 0.15) is 34.6 Å². The van der Waals surface area contributed by atoms with Crippen molar-refractivity contribution in [2.75, 3.05) is 34.6 Å². The molecule has 6 nitrogen and oxygen atoms in total. The third kappa shape index (κ3) is 5.27. The number of hydrogen-bond donors (Lipinski definition) is 0. The molecule has 156 valence electrons. The van der Waals surface area contributed by atoms with Gasteiger partial charge < -0.3 is 18.9 Å². The zero-order valence-corrected chi connectivity index (χ0v) is 18.5. The minimum Gasteiger partial charge on any atom is -0.497 e. The zero-order chi connectivity index (χ0) is 21.6. The van der Waals surface area contributed by atoms with Gasteiger partial charge in [0.1, 0.15) is 23.0 Å². The van der Waals surface area contributed by atoms with Gasteiger partial charge in [-0.1, -0.05) is 13.8 Å². The van der Waals surface area contributed by atoms with Crippen molar-refractivity contribution in [3.63, 3.8) is 0 Å². The average molecular weight is 418 g/mol. The number of hydrogen-bond acceptors (Lipinski definition) is 6. The molecule has 0 aliphatic carbocycles. The van der Waals surface area contributed by atoms with Gasteiger partial charge in [0.15, 0.2) is 11.0 Å². The van der Waals surface area contributed by atoms with Gasteiger partial charge in [-0.2, -0.15) is 0 Å². The molecular weight excluding hydrogens is 391 g/mol. The van der Waals surface area contributed by atoms with Gasteiger partial charge in [0.2, 0.25) is 0 Å². The van der Waals surface area contributed by atoms with E-state index in [0.29, 0.717) is 40.3 Å². The van der Waals surface area contributed by atoms with E-state index in [1.807, 2.05) is 13.8 Å². The van der Waals surface area contributed by atoms with Crippen LogP contribution in [0.15, 0.2) is 36.4 Å². The summed E-state index contributed by atoms with van der Waals surface area (Å²) in [5.41, 5.74) is 0.300. The molecule has 2 aromatic rings. The largest absolute Gasteiger partial charge is 0.497 e. The number of carbonyl (C=O) groups excluding carboxylic acids is 2. The van der Waals surface area contributed by atoms with E-state index in [-0.39, 0.29) is 17.0 Å². The highest BCUT2D eigenvalue weighted by Gasteiger charge is 2.32. The second-order valence-corrected chi connectivity index (χ2v) is 8.78. The normalized spacial score (nSPS) is 10.8. The van der Waals surface area contributed by atoms with Crippen molar-refractivity contribution in [3.05, 3.63) is 47.5 Å². The number of ether oxygens (including phenoxy) is 4. The fourth-order valence-corrected chi connectivity index (χ4v) is 5.06. The summed E-state index contributed by atoms with van der Waals surface area (Å²) in [6, 6.07) is 9.97. The Hall–Kier alpha value is -2.59. The Morgan fingerprint density at radius 2 is 1.17 bits per heavy atom. The second-order valence-electron chi connectivity index (χ2n) is 6.75. The van der Waals surface area contributed by atoms with Gasteiger partial charge in [0, 0.05) is 20.1 Å². The number of benzene rings is 2. The number of methoxy groups -OCH3 is 4. The Bertz CT molecular complexity index is 810. The first kappa shape index (κ1) is 22.7. The smallest absolute Gasteiger partial charge is 0.195 e. The van der Waals surface area contributed by atoms with Gasteiger partial charge >= 0.3 is 0 Å². The summed E-state index contributed by atoms with van der Waals surface area (Å²) < 4.78 is 21.2. The van der Waals surface area contributed by atoms with Gasteiger partial charge in [-0.15, -0.1) is 0 Å². The average Bonchev–Trinajstić information content (AvgIpc) is 2.75. The van der Waals surface area contributed by atoms with Gasteiger partial charge in [-0.25, -0.2) is 0 Å². The van der Waals surface area contributed by atoms with Crippen LogP contribution in [0.5, 0.6) is 23.0 Å². The van der Waals surface area contributed by atoms with Crippen LogP contribution in [0.2, 0.25) is 0 Å². The molecule has 0 unspecified atom stereocenters. The molecule has 0 heterocycles. The Kier molecular flexibility index (Phi) is 8.03. The molecule has 0 spiro atoms. The molecule has 0 saturated carbocycles. The summed E-state index contributed by atoms with van der Waals surface area (Å²) in [6.07, 6.45) is 0.470. The lowest BCUT2D eigenvalue weighted by molar-refractivity contribution is 0.104. The fraction of sp³-hybridized carbons (Fsp3) is 0.364. The van der Waals surface area contributed by atoms with E-state index in [1.54, 1.807) is 50.6 Å². The van der Waals surface area contributed by atoms with Crippen molar-refractivity contribution in [2.45, 2.75) is 13.8 Å². The van der Waals surface area contributed by atoms with Gasteiger partial charge in [0.05, 0.1) is 39.6 Å². The van der Waals surface area contributed by atoms with Crippen LogP contribution in [0.4, 0.5) is 0 Å². The highest BCUT2D eigenvalue weighted by Crippen LogP contribution is 2.48. The molecule has 0 aromatic heterocycles. The standard InChI is InChI=1S/C22H27O6P/c1-14(2)13-29(21(23)17-9-7-15(25-3)11-19(17)27-5)22(24)18-10-8-16(26-4)12-20(18)28-6/h7-12,14H,13H2,1-6H3. The fourth-order valence-electron chi connectivity index (χ4n) is 2.86. The lowest BCUT2D eigenvalue weighted by atomic mass is 10.2. The SMILES string of the molecule is COc1ccc(C(=O)P(CC(C)C)C(=O)c2ccc(OC)cc2OC)c(OC)c1. The van der Waals surface area contributed by atoms with Crippen LogP contribution >= 0.6 is 7.92 Å². The van der Waals surface area contributed by atoms with Crippen molar-refractivity contribution < 1.29 is 28.5 Å². The summed E-state index contributed by atoms with van der Waals surface area (Å²) >= 11 is 0. The molecule has 7 heteroatoms. The van der Waals surface area contributed by atoms with Crippen molar-refractivity contribution in [2.24, 2.45) is 5.92 Å². The van der Waals surface area contributed by atoms with Crippen LogP contribution in [0, 0.1) is 5.92 Å². The van der Waals surface area contributed by atoms with Gasteiger partial charge in [0.25, 0.3) is 0 Å². The predicted molar refractivity (Wildman–Crippen MR) is 114 cm³/mol. The van der Waals surface area contributed by atoms with E-state index >= 15 is 0 Å². The predicted octanol–water partition coefficient (Wildman–Crippen LogP) is 4.84. The molecule has 0 aliphatic rings. The molecule has 0 radical (unpaired) electrons. The summed E-state index contributed by atoms with van der Waals surface area (Å²) in [7, 11) is 4.40. The number of carbonyl (C=O) groups is 2. The summed E-state index contributed by atoms with van der Waals surface area (Å²) in [4.78, 5) is 26.8. The molecule has 0 bridgehead atoms. The molecule has 0 aliphatic heterocycles. The van der Waals surface area contributed by atoms with Crippen LogP contribution in [-0.4, -0.2) is 45.6 Å². The Morgan fingerprint density at radius 1 is 0.759 bits per heavy atom. The van der Waals surface area contributed by atoms with Crippen molar-refractivity contribution >= 4 is 19.0 Å². The van der Waals surface area contributed by atoms with Crippen LogP contribution < -0.4 is 18.9 Å². The maximum atomic E-state index is 13.4. The first-order valence-corrected chi connectivity index (χ1v) is 10.7. The Morgan fingerprint density at radius 3 is 1.48 bits per heavy atom. The highest BCUT2D eigenvalue weighted by molar-refractivity contribution is 7.90. The van der Waals surface area contributed by atoms with E-state index in [1.165, 1.54) is 14.2 Å².